The third-order valence-corrected chi connectivity index (χ3v) is 4.25. The molecule has 0 fully saturated rings. The van der Waals surface area contributed by atoms with Crippen molar-refractivity contribution in [1.29, 1.82) is 0 Å². The fourth-order valence-corrected chi connectivity index (χ4v) is 2.82. The van der Waals surface area contributed by atoms with Gasteiger partial charge >= 0.3 is 0 Å². The molecule has 0 saturated heterocycles. The van der Waals surface area contributed by atoms with E-state index in [0.717, 1.165) is 24.5 Å². The summed E-state index contributed by atoms with van der Waals surface area (Å²) in [7, 11) is 3.32. The number of rotatable bonds is 7. The average molecular weight is 291 g/mol. The third kappa shape index (κ3) is 3.74. The second kappa shape index (κ2) is 7.31. The lowest BCUT2D eigenvalue weighted by Gasteiger charge is -2.16. The van der Waals surface area contributed by atoms with Crippen molar-refractivity contribution in [3.63, 3.8) is 0 Å². The van der Waals surface area contributed by atoms with Gasteiger partial charge in [-0.1, -0.05) is 12.1 Å². The highest BCUT2D eigenvalue weighted by Gasteiger charge is 2.09. The molecule has 1 atom stereocenters. The fourth-order valence-electron chi connectivity index (χ4n) is 2.11. The summed E-state index contributed by atoms with van der Waals surface area (Å²) in [5.74, 6) is 1.54. The Hall–Kier alpha value is -1.52. The van der Waals surface area contributed by atoms with Crippen LogP contribution in [0.1, 0.15) is 23.4 Å². The lowest BCUT2D eigenvalue weighted by Crippen LogP contribution is -2.21. The van der Waals surface area contributed by atoms with Gasteiger partial charge in [0, 0.05) is 17.5 Å². The van der Waals surface area contributed by atoms with Crippen molar-refractivity contribution in [2.75, 3.05) is 20.8 Å². The predicted molar refractivity (Wildman–Crippen MR) is 84.0 cm³/mol. The molecule has 20 heavy (non-hydrogen) atoms. The molecule has 0 radical (unpaired) electrons. The Kier molecular flexibility index (Phi) is 5.44. The van der Waals surface area contributed by atoms with Crippen LogP contribution >= 0.6 is 11.3 Å². The first-order valence-electron chi connectivity index (χ1n) is 6.72. The van der Waals surface area contributed by atoms with Crippen molar-refractivity contribution >= 4 is 11.3 Å². The van der Waals surface area contributed by atoms with E-state index >= 15 is 0 Å². The Balaban J connectivity index is 1.93. The van der Waals surface area contributed by atoms with E-state index in [0.29, 0.717) is 0 Å². The maximum atomic E-state index is 5.34. The third-order valence-electron chi connectivity index (χ3n) is 3.31. The largest absolute Gasteiger partial charge is 0.493 e. The van der Waals surface area contributed by atoms with Gasteiger partial charge in [0.05, 0.1) is 14.2 Å². The topological polar surface area (TPSA) is 30.5 Å². The molecule has 2 aromatic rings. The van der Waals surface area contributed by atoms with E-state index < -0.39 is 0 Å². The van der Waals surface area contributed by atoms with Gasteiger partial charge in [-0.3, -0.25) is 0 Å². The van der Waals surface area contributed by atoms with Crippen LogP contribution in [0.5, 0.6) is 11.5 Å². The molecule has 2 rings (SSSR count). The first-order valence-corrected chi connectivity index (χ1v) is 7.60. The highest BCUT2D eigenvalue weighted by atomic mass is 32.1. The van der Waals surface area contributed by atoms with E-state index in [9.17, 15) is 0 Å². The minimum absolute atomic E-state index is 0.287. The molecule has 0 bridgehead atoms. The van der Waals surface area contributed by atoms with Crippen LogP contribution in [0.4, 0.5) is 0 Å². The number of nitrogens with one attached hydrogen (secondary N) is 1. The minimum atomic E-state index is 0.287. The first-order chi connectivity index (χ1) is 9.74. The van der Waals surface area contributed by atoms with Gasteiger partial charge in [0.2, 0.25) is 0 Å². The van der Waals surface area contributed by atoms with Gasteiger partial charge in [-0.25, -0.2) is 0 Å². The molecule has 3 nitrogen and oxygen atoms in total. The Morgan fingerprint density at radius 1 is 1.15 bits per heavy atom. The maximum Gasteiger partial charge on any atom is 0.161 e. The molecular formula is C16H21NO2S. The van der Waals surface area contributed by atoms with Gasteiger partial charge in [-0.05, 0) is 42.5 Å². The molecule has 0 saturated carbocycles. The van der Waals surface area contributed by atoms with E-state index in [4.69, 9.17) is 9.47 Å². The van der Waals surface area contributed by atoms with Gasteiger partial charge in [-0.15, -0.1) is 11.3 Å². The summed E-state index contributed by atoms with van der Waals surface area (Å²) in [6.07, 6.45) is 1.06. The van der Waals surface area contributed by atoms with Gasteiger partial charge in [-0.2, -0.15) is 0 Å². The Morgan fingerprint density at radius 2 is 1.95 bits per heavy atom. The van der Waals surface area contributed by atoms with E-state index in [2.05, 4.69) is 35.8 Å². The molecule has 0 aliphatic rings. The summed E-state index contributed by atoms with van der Waals surface area (Å²) in [6.45, 7) is 3.13. The number of hydrogen-bond acceptors (Lipinski definition) is 4. The molecule has 1 aromatic carbocycles. The van der Waals surface area contributed by atoms with Crippen molar-refractivity contribution in [3.8, 4) is 11.5 Å². The first kappa shape index (κ1) is 14.9. The van der Waals surface area contributed by atoms with Crippen LogP contribution in [0.25, 0.3) is 0 Å². The summed E-state index contributed by atoms with van der Waals surface area (Å²) in [4.78, 5) is 1.41. The SMILES string of the molecule is COc1ccc(C(C)NCCc2cccs2)cc1OC. The van der Waals surface area contributed by atoms with Crippen molar-refractivity contribution in [2.45, 2.75) is 19.4 Å². The molecule has 0 aliphatic heterocycles. The average Bonchev–Trinajstić information content (AvgIpc) is 2.99. The molecule has 0 spiro atoms. The molecule has 0 aliphatic carbocycles. The zero-order valence-corrected chi connectivity index (χ0v) is 13.0. The van der Waals surface area contributed by atoms with Crippen LogP contribution < -0.4 is 14.8 Å². The quantitative estimate of drug-likeness (QED) is 0.844. The standard InChI is InChI=1S/C16H21NO2S/c1-12(17-9-8-14-5-4-10-20-14)13-6-7-15(18-2)16(11-13)19-3/h4-7,10-12,17H,8-9H2,1-3H3. The Morgan fingerprint density at radius 3 is 2.60 bits per heavy atom. The fraction of sp³-hybridized carbons (Fsp3) is 0.375. The van der Waals surface area contributed by atoms with Crippen LogP contribution in [0.3, 0.4) is 0 Å². The normalized spacial score (nSPS) is 12.2. The number of ether oxygens (including phenoxy) is 2. The van der Waals surface area contributed by atoms with Crippen molar-refractivity contribution in [2.24, 2.45) is 0 Å². The molecule has 1 aromatic heterocycles. The summed E-state index contributed by atoms with van der Waals surface area (Å²) >= 11 is 1.80. The lowest BCUT2D eigenvalue weighted by molar-refractivity contribution is 0.354. The number of benzene rings is 1. The van der Waals surface area contributed by atoms with E-state index in [1.807, 2.05) is 12.1 Å². The molecule has 0 amide bonds. The molecule has 108 valence electrons. The van der Waals surface area contributed by atoms with E-state index in [-0.39, 0.29) is 6.04 Å². The Labute approximate surface area is 124 Å². The van der Waals surface area contributed by atoms with Gasteiger partial charge in [0.15, 0.2) is 11.5 Å². The second-order valence-electron chi connectivity index (χ2n) is 4.62. The number of hydrogen-bond donors (Lipinski definition) is 1. The van der Waals surface area contributed by atoms with Gasteiger partial charge < -0.3 is 14.8 Å². The van der Waals surface area contributed by atoms with Crippen LogP contribution in [0, 0.1) is 0 Å². The highest BCUT2D eigenvalue weighted by Crippen LogP contribution is 2.29. The molecule has 4 heteroatoms. The van der Waals surface area contributed by atoms with Crippen molar-refractivity contribution < 1.29 is 9.47 Å². The number of thiophene rings is 1. The highest BCUT2D eigenvalue weighted by molar-refractivity contribution is 7.09. The predicted octanol–water partition coefficient (Wildman–Crippen LogP) is 3.66. The zero-order valence-electron chi connectivity index (χ0n) is 12.2. The monoisotopic (exact) mass is 291 g/mol. The van der Waals surface area contributed by atoms with Crippen LogP contribution in [0.2, 0.25) is 0 Å². The zero-order chi connectivity index (χ0) is 14.4. The number of methoxy groups -OCH3 is 2. The maximum absolute atomic E-state index is 5.34. The van der Waals surface area contributed by atoms with Crippen molar-refractivity contribution in [3.05, 3.63) is 46.2 Å². The lowest BCUT2D eigenvalue weighted by atomic mass is 10.1. The minimum Gasteiger partial charge on any atom is -0.493 e. The summed E-state index contributed by atoms with van der Waals surface area (Å²) < 4.78 is 10.6. The van der Waals surface area contributed by atoms with Gasteiger partial charge in [0.1, 0.15) is 0 Å². The Bertz CT molecular complexity index is 525. The smallest absolute Gasteiger partial charge is 0.161 e. The van der Waals surface area contributed by atoms with Crippen molar-refractivity contribution in [1.82, 2.24) is 5.32 Å². The van der Waals surface area contributed by atoms with E-state index in [1.54, 1.807) is 25.6 Å². The molecule has 1 unspecified atom stereocenters. The van der Waals surface area contributed by atoms with Crippen LogP contribution in [0.15, 0.2) is 35.7 Å². The van der Waals surface area contributed by atoms with Crippen LogP contribution in [-0.2, 0) is 6.42 Å². The summed E-state index contributed by atoms with van der Waals surface area (Å²) in [6, 6.07) is 10.6. The van der Waals surface area contributed by atoms with Crippen LogP contribution in [-0.4, -0.2) is 20.8 Å². The molecule has 1 N–H and O–H groups in total. The molecular weight excluding hydrogens is 270 g/mol. The second-order valence-corrected chi connectivity index (χ2v) is 5.65. The van der Waals surface area contributed by atoms with E-state index in [1.165, 1.54) is 10.4 Å². The van der Waals surface area contributed by atoms with Gasteiger partial charge in [0.25, 0.3) is 0 Å². The summed E-state index contributed by atoms with van der Waals surface area (Å²) in [5, 5.41) is 5.65. The summed E-state index contributed by atoms with van der Waals surface area (Å²) in [5.41, 5.74) is 1.20. The molecule has 1 heterocycles.